The van der Waals surface area contributed by atoms with Crippen LogP contribution in [0, 0.1) is 23.3 Å². The first-order chi connectivity index (χ1) is 9.95. The average Bonchev–Trinajstić information content (AvgIpc) is 2.45. The molecule has 0 saturated heterocycles. The lowest BCUT2D eigenvalue weighted by molar-refractivity contribution is 0.489. The molecular weight excluding hydrogens is 350 g/mol. The van der Waals surface area contributed by atoms with Gasteiger partial charge in [-0.05, 0) is 52.8 Å². The van der Waals surface area contributed by atoms with Gasteiger partial charge in [0.2, 0.25) is 0 Å². The first-order valence-corrected chi connectivity index (χ1v) is 7.06. The molecule has 0 bridgehead atoms. The zero-order valence-corrected chi connectivity index (χ0v) is 12.6. The van der Waals surface area contributed by atoms with Crippen LogP contribution in [0.2, 0.25) is 0 Å². The van der Waals surface area contributed by atoms with Crippen LogP contribution in [0.3, 0.4) is 0 Å². The summed E-state index contributed by atoms with van der Waals surface area (Å²) in [7, 11) is 0. The fourth-order valence-corrected chi connectivity index (χ4v) is 2.46. The maximum Gasteiger partial charge on any atom is 0.145 e. The molecule has 1 N–H and O–H groups in total. The van der Waals surface area contributed by atoms with Crippen molar-refractivity contribution in [3.05, 3.63) is 69.2 Å². The van der Waals surface area contributed by atoms with E-state index in [0.717, 1.165) is 24.3 Å². The summed E-state index contributed by atoms with van der Waals surface area (Å²) in [6.45, 7) is 2.03. The molecule has 2 aromatic carbocycles. The Bertz CT molecular complexity index is 660. The van der Waals surface area contributed by atoms with Gasteiger partial charge in [0.25, 0.3) is 0 Å². The SMILES string of the molecule is CCNC(c1cc(F)ccc1F)c1c(F)ccc(Br)c1F. The summed E-state index contributed by atoms with van der Waals surface area (Å²) < 4.78 is 55.6. The zero-order chi connectivity index (χ0) is 15.6. The molecule has 112 valence electrons. The minimum absolute atomic E-state index is 0.0543. The standard InChI is InChI=1S/C15H12BrF4N/c1-2-21-15(9-7-8(17)3-5-11(9)18)13-12(19)6-4-10(16)14(13)20/h3-7,15,21H,2H2,1H3. The molecule has 0 saturated carbocycles. The highest BCUT2D eigenvalue weighted by molar-refractivity contribution is 9.10. The molecule has 0 amide bonds. The first kappa shape index (κ1) is 16.0. The van der Waals surface area contributed by atoms with Crippen LogP contribution in [0.1, 0.15) is 24.1 Å². The molecular formula is C15H12BrF4N. The van der Waals surface area contributed by atoms with Crippen molar-refractivity contribution in [3.8, 4) is 0 Å². The minimum atomic E-state index is -1.12. The van der Waals surface area contributed by atoms with E-state index in [0.29, 0.717) is 6.54 Å². The second-order valence-electron chi connectivity index (χ2n) is 4.41. The van der Waals surface area contributed by atoms with E-state index in [2.05, 4.69) is 21.2 Å². The van der Waals surface area contributed by atoms with Crippen molar-refractivity contribution in [1.29, 1.82) is 0 Å². The van der Waals surface area contributed by atoms with Crippen molar-refractivity contribution in [2.24, 2.45) is 0 Å². The van der Waals surface area contributed by atoms with Crippen LogP contribution in [0.4, 0.5) is 17.6 Å². The van der Waals surface area contributed by atoms with E-state index in [9.17, 15) is 17.6 Å². The Balaban J connectivity index is 2.64. The predicted molar refractivity (Wildman–Crippen MR) is 75.9 cm³/mol. The summed E-state index contributed by atoms with van der Waals surface area (Å²) in [4.78, 5) is 0. The molecule has 21 heavy (non-hydrogen) atoms. The van der Waals surface area contributed by atoms with Gasteiger partial charge in [0.1, 0.15) is 23.3 Å². The van der Waals surface area contributed by atoms with Gasteiger partial charge in [-0.15, -0.1) is 0 Å². The molecule has 1 atom stereocenters. The Morgan fingerprint density at radius 3 is 2.38 bits per heavy atom. The number of hydrogen-bond donors (Lipinski definition) is 1. The first-order valence-electron chi connectivity index (χ1n) is 6.27. The molecule has 0 fully saturated rings. The lowest BCUT2D eigenvalue weighted by Gasteiger charge is -2.21. The van der Waals surface area contributed by atoms with Crippen LogP contribution < -0.4 is 5.32 Å². The summed E-state index contributed by atoms with van der Waals surface area (Å²) in [6.07, 6.45) is 0. The number of rotatable bonds is 4. The van der Waals surface area contributed by atoms with E-state index in [4.69, 9.17) is 0 Å². The Kier molecular flexibility index (Phi) is 5.00. The summed E-state index contributed by atoms with van der Waals surface area (Å²) in [5.41, 5.74) is -0.497. The van der Waals surface area contributed by atoms with Crippen LogP contribution in [-0.2, 0) is 0 Å². The van der Waals surface area contributed by atoms with Crippen LogP contribution in [0.5, 0.6) is 0 Å². The molecule has 0 spiro atoms. The van der Waals surface area contributed by atoms with Crippen molar-refractivity contribution in [1.82, 2.24) is 5.32 Å². The van der Waals surface area contributed by atoms with E-state index in [1.54, 1.807) is 6.92 Å². The Labute approximate surface area is 128 Å². The van der Waals surface area contributed by atoms with Gasteiger partial charge in [0.05, 0.1) is 10.5 Å². The zero-order valence-electron chi connectivity index (χ0n) is 11.1. The summed E-state index contributed by atoms with van der Waals surface area (Å²) in [6, 6.07) is 3.99. The fraction of sp³-hybridized carbons (Fsp3) is 0.200. The number of nitrogens with one attached hydrogen (secondary N) is 1. The minimum Gasteiger partial charge on any atom is -0.306 e. The van der Waals surface area contributed by atoms with Gasteiger partial charge >= 0.3 is 0 Å². The van der Waals surface area contributed by atoms with Crippen molar-refractivity contribution in [3.63, 3.8) is 0 Å². The highest BCUT2D eigenvalue weighted by atomic mass is 79.9. The maximum atomic E-state index is 14.2. The molecule has 6 heteroatoms. The molecule has 0 aliphatic carbocycles. The maximum absolute atomic E-state index is 14.2. The second-order valence-corrected chi connectivity index (χ2v) is 5.27. The van der Waals surface area contributed by atoms with E-state index < -0.39 is 29.3 Å². The van der Waals surface area contributed by atoms with Crippen LogP contribution in [0.25, 0.3) is 0 Å². The van der Waals surface area contributed by atoms with Gasteiger partial charge in [0, 0.05) is 11.1 Å². The highest BCUT2D eigenvalue weighted by Crippen LogP contribution is 2.32. The topological polar surface area (TPSA) is 12.0 Å². The van der Waals surface area contributed by atoms with E-state index in [-0.39, 0.29) is 15.6 Å². The number of hydrogen-bond acceptors (Lipinski definition) is 1. The van der Waals surface area contributed by atoms with Gasteiger partial charge in [-0.25, -0.2) is 17.6 Å². The predicted octanol–water partition coefficient (Wildman–Crippen LogP) is 4.70. The monoisotopic (exact) mass is 361 g/mol. The third kappa shape index (κ3) is 3.27. The van der Waals surface area contributed by atoms with Crippen LogP contribution >= 0.6 is 15.9 Å². The lowest BCUT2D eigenvalue weighted by Crippen LogP contribution is -2.25. The Hall–Kier alpha value is -1.40. The Morgan fingerprint density at radius 2 is 1.71 bits per heavy atom. The number of halogens is 5. The van der Waals surface area contributed by atoms with Crippen molar-refractivity contribution in [2.75, 3.05) is 6.54 Å². The van der Waals surface area contributed by atoms with Crippen molar-refractivity contribution in [2.45, 2.75) is 13.0 Å². The molecule has 0 aliphatic rings. The summed E-state index contributed by atoms with van der Waals surface area (Å²) in [5, 5.41) is 2.78. The van der Waals surface area contributed by atoms with Gasteiger partial charge in [-0.2, -0.15) is 0 Å². The largest absolute Gasteiger partial charge is 0.306 e. The fourth-order valence-electron chi connectivity index (χ4n) is 2.11. The van der Waals surface area contributed by atoms with E-state index >= 15 is 0 Å². The molecule has 0 aliphatic heterocycles. The summed E-state index contributed by atoms with van der Waals surface area (Å²) in [5.74, 6) is -3.08. The average molecular weight is 362 g/mol. The molecule has 2 aromatic rings. The third-order valence-corrected chi connectivity index (χ3v) is 3.66. The third-order valence-electron chi connectivity index (χ3n) is 3.05. The summed E-state index contributed by atoms with van der Waals surface area (Å²) >= 11 is 2.97. The smallest absolute Gasteiger partial charge is 0.145 e. The van der Waals surface area contributed by atoms with Gasteiger partial charge < -0.3 is 5.32 Å². The molecule has 1 nitrogen and oxygen atoms in total. The Morgan fingerprint density at radius 1 is 1.05 bits per heavy atom. The lowest BCUT2D eigenvalue weighted by atomic mass is 9.97. The van der Waals surface area contributed by atoms with Crippen LogP contribution in [0.15, 0.2) is 34.8 Å². The van der Waals surface area contributed by atoms with Gasteiger partial charge in [-0.1, -0.05) is 6.92 Å². The normalized spacial score (nSPS) is 12.5. The molecule has 0 aromatic heterocycles. The second kappa shape index (κ2) is 6.58. The quantitative estimate of drug-likeness (QED) is 0.614. The van der Waals surface area contributed by atoms with Crippen molar-refractivity contribution < 1.29 is 17.6 Å². The van der Waals surface area contributed by atoms with Gasteiger partial charge in [-0.3, -0.25) is 0 Å². The molecule has 0 radical (unpaired) electrons. The molecule has 1 unspecified atom stereocenters. The number of benzene rings is 2. The van der Waals surface area contributed by atoms with E-state index in [1.807, 2.05) is 0 Å². The molecule has 0 heterocycles. The van der Waals surface area contributed by atoms with E-state index in [1.165, 1.54) is 6.07 Å². The van der Waals surface area contributed by atoms with Crippen LogP contribution in [-0.4, -0.2) is 6.54 Å². The molecule has 2 rings (SSSR count). The van der Waals surface area contributed by atoms with Gasteiger partial charge in [0.15, 0.2) is 0 Å². The van der Waals surface area contributed by atoms with Crippen molar-refractivity contribution >= 4 is 15.9 Å². The highest BCUT2D eigenvalue weighted by Gasteiger charge is 2.25.